The largest absolute Gasteiger partial charge is 0.492 e. The molecule has 0 aliphatic heterocycles. The van der Waals surface area contributed by atoms with Gasteiger partial charge in [0, 0.05) is 6.04 Å². The maximum atomic E-state index is 12.3. The maximum Gasteiger partial charge on any atom is 0.339 e. The molecule has 1 aromatic carbocycles. The number of carbonyl (C=O) groups is 2. The van der Waals surface area contributed by atoms with Crippen LogP contribution in [0.2, 0.25) is 0 Å². The number of amides is 1. The van der Waals surface area contributed by atoms with Gasteiger partial charge in [0.2, 0.25) is 5.91 Å². The number of rotatable bonds is 6. The number of aryl methyl sites for hydroxylation is 1. The molecule has 28 heavy (non-hydrogen) atoms. The van der Waals surface area contributed by atoms with Crippen molar-refractivity contribution < 1.29 is 19.4 Å². The second-order valence-corrected chi connectivity index (χ2v) is 7.36. The van der Waals surface area contributed by atoms with E-state index < -0.39 is 11.4 Å². The minimum atomic E-state index is -1.13. The summed E-state index contributed by atoms with van der Waals surface area (Å²) in [6.07, 6.45) is 2.04. The molecule has 7 nitrogen and oxygen atoms in total. The predicted molar refractivity (Wildman–Crippen MR) is 110 cm³/mol. The van der Waals surface area contributed by atoms with Crippen LogP contribution in [-0.4, -0.2) is 34.6 Å². The van der Waals surface area contributed by atoms with Gasteiger partial charge in [0.1, 0.15) is 17.9 Å². The summed E-state index contributed by atoms with van der Waals surface area (Å²) in [5.41, 5.74) is 6.39. The fourth-order valence-electron chi connectivity index (χ4n) is 2.76. The van der Waals surface area contributed by atoms with E-state index in [-0.39, 0.29) is 29.8 Å². The molecule has 0 saturated heterocycles. The van der Waals surface area contributed by atoms with E-state index in [0.29, 0.717) is 22.3 Å². The van der Waals surface area contributed by atoms with Crippen LogP contribution in [0, 0.1) is 12.3 Å². The van der Waals surface area contributed by atoms with Gasteiger partial charge in [-0.2, -0.15) is 0 Å². The van der Waals surface area contributed by atoms with Crippen molar-refractivity contribution in [2.45, 2.75) is 53.5 Å². The van der Waals surface area contributed by atoms with Crippen LogP contribution in [0.1, 0.15) is 56.6 Å². The van der Waals surface area contributed by atoms with Crippen molar-refractivity contribution in [3.8, 4) is 5.75 Å². The molecule has 0 spiro atoms. The minimum absolute atomic E-state index is 0.0284. The van der Waals surface area contributed by atoms with Gasteiger partial charge < -0.3 is 20.9 Å². The standard InChI is InChI=1S/C19H23N3O4.C2H6/c1-10-14(17(23)24)16(20)15-12(21-10)5-4-6-13(15)26-9-19(2,3)18(25)22-11-7-8-11;1-2/h4-6,11H,7-9H2,1-3H3,(H2,20,21)(H,22,25)(H,23,24);1-2H3. The normalized spacial score (nSPS) is 13.5. The molecule has 1 aliphatic rings. The smallest absolute Gasteiger partial charge is 0.339 e. The van der Waals surface area contributed by atoms with E-state index >= 15 is 0 Å². The number of fused-ring (bicyclic) bond motifs is 1. The monoisotopic (exact) mass is 387 g/mol. The second-order valence-electron chi connectivity index (χ2n) is 7.36. The number of nitrogens with two attached hydrogens (primary N) is 1. The molecule has 2 aromatic rings. The molecule has 1 saturated carbocycles. The number of nitrogens with zero attached hydrogens (tertiary/aromatic N) is 1. The molecule has 0 radical (unpaired) electrons. The number of carboxylic acid groups (broad SMARTS) is 1. The van der Waals surface area contributed by atoms with Crippen LogP contribution in [0.3, 0.4) is 0 Å². The minimum Gasteiger partial charge on any atom is -0.492 e. The Kier molecular flexibility index (Phi) is 6.48. The van der Waals surface area contributed by atoms with Crippen LogP contribution in [0.4, 0.5) is 5.69 Å². The number of hydrogen-bond acceptors (Lipinski definition) is 5. The highest BCUT2D eigenvalue weighted by Gasteiger charge is 2.33. The fourth-order valence-corrected chi connectivity index (χ4v) is 2.76. The maximum absolute atomic E-state index is 12.3. The first-order valence-corrected chi connectivity index (χ1v) is 9.56. The van der Waals surface area contributed by atoms with Gasteiger partial charge in [-0.3, -0.25) is 9.78 Å². The van der Waals surface area contributed by atoms with E-state index in [9.17, 15) is 14.7 Å². The highest BCUT2D eigenvalue weighted by Crippen LogP contribution is 2.34. The lowest BCUT2D eigenvalue weighted by atomic mass is 9.93. The molecular formula is C21H29N3O4. The van der Waals surface area contributed by atoms with Crippen molar-refractivity contribution >= 4 is 28.5 Å². The van der Waals surface area contributed by atoms with Gasteiger partial charge in [0.05, 0.1) is 27.7 Å². The zero-order valence-electron chi connectivity index (χ0n) is 17.1. The summed E-state index contributed by atoms with van der Waals surface area (Å²) in [6.45, 7) is 9.37. The number of anilines is 1. The Morgan fingerprint density at radius 2 is 1.96 bits per heavy atom. The van der Waals surface area contributed by atoms with Gasteiger partial charge in [-0.25, -0.2) is 4.79 Å². The van der Waals surface area contributed by atoms with Crippen molar-refractivity contribution in [2.75, 3.05) is 12.3 Å². The average molecular weight is 387 g/mol. The van der Waals surface area contributed by atoms with E-state index in [4.69, 9.17) is 10.5 Å². The van der Waals surface area contributed by atoms with E-state index in [1.165, 1.54) is 0 Å². The summed E-state index contributed by atoms with van der Waals surface area (Å²) < 4.78 is 5.89. The number of pyridine rings is 1. The van der Waals surface area contributed by atoms with Crippen LogP contribution in [0.15, 0.2) is 18.2 Å². The molecule has 1 heterocycles. The molecule has 4 N–H and O–H groups in total. The van der Waals surface area contributed by atoms with Crippen LogP contribution in [0.5, 0.6) is 5.75 Å². The lowest BCUT2D eigenvalue weighted by Crippen LogP contribution is -2.41. The van der Waals surface area contributed by atoms with Crippen molar-refractivity contribution in [3.63, 3.8) is 0 Å². The summed E-state index contributed by atoms with van der Waals surface area (Å²) >= 11 is 0. The van der Waals surface area contributed by atoms with E-state index in [1.54, 1.807) is 25.1 Å². The number of aromatic nitrogens is 1. The third kappa shape index (κ3) is 4.52. The van der Waals surface area contributed by atoms with Crippen LogP contribution in [-0.2, 0) is 4.79 Å². The SMILES string of the molecule is CC.Cc1nc2cccc(OCC(C)(C)C(=O)NC3CC3)c2c(N)c1C(=O)O. The molecule has 1 amide bonds. The topological polar surface area (TPSA) is 115 Å². The Morgan fingerprint density at radius 1 is 1.32 bits per heavy atom. The quantitative estimate of drug-likeness (QED) is 0.698. The van der Waals surface area contributed by atoms with Gasteiger partial charge in [0.25, 0.3) is 0 Å². The van der Waals surface area contributed by atoms with Crippen molar-refractivity contribution in [1.29, 1.82) is 0 Å². The first kappa shape index (κ1) is 21.5. The Bertz CT molecular complexity index is 889. The Balaban J connectivity index is 0.00000136. The lowest BCUT2D eigenvalue weighted by molar-refractivity contribution is -0.130. The molecule has 1 aliphatic carbocycles. The number of carbonyl (C=O) groups excluding carboxylic acids is 1. The highest BCUT2D eigenvalue weighted by atomic mass is 16.5. The third-order valence-corrected chi connectivity index (χ3v) is 4.52. The number of nitrogen functional groups attached to an aromatic ring is 1. The number of hydrogen-bond donors (Lipinski definition) is 3. The van der Waals surface area contributed by atoms with Crippen LogP contribution in [0.25, 0.3) is 10.9 Å². The van der Waals surface area contributed by atoms with Gasteiger partial charge in [0.15, 0.2) is 0 Å². The van der Waals surface area contributed by atoms with Gasteiger partial charge in [-0.05, 0) is 45.7 Å². The molecular weight excluding hydrogens is 358 g/mol. The highest BCUT2D eigenvalue weighted by molar-refractivity contribution is 6.06. The van der Waals surface area contributed by atoms with Crippen molar-refractivity contribution in [3.05, 3.63) is 29.5 Å². The van der Waals surface area contributed by atoms with E-state index in [0.717, 1.165) is 12.8 Å². The Labute approximate surface area is 165 Å². The molecule has 0 atom stereocenters. The Hall–Kier alpha value is -2.83. The third-order valence-electron chi connectivity index (χ3n) is 4.52. The number of aromatic carboxylic acids is 1. The van der Waals surface area contributed by atoms with E-state index in [2.05, 4.69) is 10.3 Å². The summed E-state index contributed by atoms with van der Waals surface area (Å²) in [7, 11) is 0. The van der Waals surface area contributed by atoms with Crippen molar-refractivity contribution in [2.24, 2.45) is 5.41 Å². The Morgan fingerprint density at radius 3 is 2.54 bits per heavy atom. The molecule has 0 bridgehead atoms. The molecule has 1 fully saturated rings. The predicted octanol–water partition coefficient (Wildman–Crippen LogP) is 3.53. The number of carboxylic acids is 1. The molecule has 3 rings (SSSR count). The first-order valence-electron chi connectivity index (χ1n) is 9.56. The fraction of sp³-hybridized carbons (Fsp3) is 0.476. The van der Waals surface area contributed by atoms with Crippen LogP contribution < -0.4 is 15.8 Å². The van der Waals surface area contributed by atoms with Gasteiger partial charge in [-0.1, -0.05) is 19.9 Å². The summed E-state index contributed by atoms with van der Waals surface area (Å²) in [6, 6.07) is 5.50. The summed E-state index contributed by atoms with van der Waals surface area (Å²) in [4.78, 5) is 28.2. The molecule has 0 unspecified atom stereocenters. The first-order chi connectivity index (χ1) is 13.2. The summed E-state index contributed by atoms with van der Waals surface area (Å²) in [5, 5.41) is 12.8. The summed E-state index contributed by atoms with van der Waals surface area (Å²) in [5.74, 6) is -0.774. The van der Waals surface area contributed by atoms with Gasteiger partial charge in [-0.15, -0.1) is 0 Å². The second kappa shape index (κ2) is 8.46. The zero-order chi connectivity index (χ0) is 21.1. The van der Waals surface area contributed by atoms with Gasteiger partial charge >= 0.3 is 5.97 Å². The number of benzene rings is 1. The number of nitrogens with one attached hydrogen (secondary N) is 1. The van der Waals surface area contributed by atoms with E-state index in [1.807, 2.05) is 27.7 Å². The van der Waals surface area contributed by atoms with Crippen molar-refractivity contribution in [1.82, 2.24) is 10.3 Å². The number of ether oxygens (including phenoxy) is 1. The lowest BCUT2D eigenvalue weighted by Gasteiger charge is -2.24. The molecule has 7 heteroatoms. The molecule has 1 aromatic heterocycles. The molecule has 152 valence electrons. The average Bonchev–Trinajstić information content (AvgIpc) is 3.45. The van der Waals surface area contributed by atoms with Crippen LogP contribution >= 0.6 is 0 Å². The zero-order valence-corrected chi connectivity index (χ0v) is 17.1.